The molecule has 0 radical (unpaired) electrons. The van der Waals surface area contributed by atoms with E-state index in [0.29, 0.717) is 9.46 Å². The molecule has 1 N–H and O–H groups in total. The first-order chi connectivity index (χ1) is 3.27. The van der Waals surface area contributed by atoms with Gasteiger partial charge in [0.15, 0.2) is 0 Å². The van der Waals surface area contributed by atoms with Gasteiger partial charge in [-0.25, -0.2) is 0 Å². The molecule has 0 rings (SSSR count). The van der Waals surface area contributed by atoms with Crippen LogP contribution in [-0.4, -0.2) is 11.7 Å². The van der Waals surface area contributed by atoms with Gasteiger partial charge in [-0.3, -0.25) is 0 Å². The van der Waals surface area contributed by atoms with E-state index in [-0.39, 0.29) is 6.61 Å². The maximum Gasteiger partial charge on any atom is 0.0750 e. The molecular formula is C4H6ClIO. The Hall–Kier alpha value is 0.720. The first-order valence-electron chi connectivity index (χ1n) is 1.89. The summed E-state index contributed by atoms with van der Waals surface area (Å²) in [6, 6.07) is 0. The van der Waals surface area contributed by atoms with E-state index in [1.165, 1.54) is 0 Å². The Morgan fingerprint density at radius 1 is 1.86 bits per heavy atom. The Balaban J connectivity index is 3.08. The zero-order valence-corrected chi connectivity index (χ0v) is 6.61. The highest BCUT2D eigenvalue weighted by atomic mass is 127. The number of halogens is 2. The molecule has 0 spiro atoms. The lowest BCUT2D eigenvalue weighted by atomic mass is 10.5. The van der Waals surface area contributed by atoms with E-state index in [9.17, 15) is 0 Å². The van der Waals surface area contributed by atoms with Crippen LogP contribution in [0.15, 0.2) is 9.12 Å². The third kappa shape index (κ3) is 6.72. The summed E-state index contributed by atoms with van der Waals surface area (Å²) in [6.07, 6.45) is 2.42. The highest BCUT2D eigenvalue weighted by Gasteiger charge is 1.78. The lowest BCUT2D eigenvalue weighted by Crippen LogP contribution is -1.74. The van der Waals surface area contributed by atoms with Crippen molar-refractivity contribution in [3.63, 3.8) is 0 Å². The molecule has 0 aliphatic rings. The van der Waals surface area contributed by atoms with Gasteiger partial charge in [0, 0.05) is 6.61 Å². The third-order valence-corrected chi connectivity index (χ3v) is 1.02. The molecule has 0 saturated heterocycles. The molecule has 0 aromatic carbocycles. The van der Waals surface area contributed by atoms with Crippen LogP contribution in [0.3, 0.4) is 0 Å². The summed E-state index contributed by atoms with van der Waals surface area (Å²) in [5.41, 5.74) is 0. The molecule has 0 unspecified atom stereocenters. The van der Waals surface area contributed by atoms with Crippen molar-refractivity contribution in [2.75, 3.05) is 6.61 Å². The smallest absolute Gasteiger partial charge is 0.0750 e. The highest BCUT2D eigenvalue weighted by molar-refractivity contribution is 14.1. The van der Waals surface area contributed by atoms with Gasteiger partial charge in [-0.05, 0) is 29.0 Å². The molecule has 0 atom stereocenters. The number of hydrogen-bond donors (Lipinski definition) is 1. The minimum absolute atomic E-state index is 0.180. The van der Waals surface area contributed by atoms with Gasteiger partial charge in [-0.2, -0.15) is 0 Å². The lowest BCUT2D eigenvalue weighted by Gasteiger charge is -1.81. The maximum absolute atomic E-state index is 8.21. The molecule has 0 aromatic heterocycles. The van der Waals surface area contributed by atoms with Crippen LogP contribution in [0, 0.1) is 0 Å². The molecule has 3 heteroatoms. The second kappa shape index (κ2) is 4.87. The van der Waals surface area contributed by atoms with Crippen LogP contribution in [-0.2, 0) is 0 Å². The summed E-state index contributed by atoms with van der Waals surface area (Å²) >= 11 is 7.37. The van der Waals surface area contributed by atoms with E-state index in [1.807, 2.05) is 22.6 Å². The van der Waals surface area contributed by atoms with Gasteiger partial charge in [0.05, 0.1) is 3.04 Å². The summed E-state index contributed by atoms with van der Waals surface area (Å²) in [7, 11) is 0. The van der Waals surface area contributed by atoms with Crippen LogP contribution >= 0.6 is 34.2 Å². The first-order valence-corrected chi connectivity index (χ1v) is 3.35. The quantitative estimate of drug-likeness (QED) is 0.721. The van der Waals surface area contributed by atoms with Crippen LogP contribution in [0.1, 0.15) is 6.42 Å². The van der Waals surface area contributed by atoms with Crippen LogP contribution in [0.25, 0.3) is 0 Å². The maximum atomic E-state index is 8.21. The monoisotopic (exact) mass is 232 g/mol. The highest BCUT2D eigenvalue weighted by Crippen LogP contribution is 2.10. The molecular weight excluding hydrogens is 226 g/mol. The van der Waals surface area contributed by atoms with E-state index in [2.05, 4.69) is 0 Å². The summed E-state index contributed by atoms with van der Waals surface area (Å²) in [4.78, 5) is 0. The molecule has 0 saturated carbocycles. The van der Waals surface area contributed by atoms with Crippen molar-refractivity contribution in [1.82, 2.24) is 0 Å². The summed E-state index contributed by atoms with van der Waals surface area (Å²) in [6.45, 7) is 0.180. The van der Waals surface area contributed by atoms with E-state index >= 15 is 0 Å². The van der Waals surface area contributed by atoms with Crippen molar-refractivity contribution >= 4 is 34.2 Å². The molecule has 1 nitrogen and oxygen atoms in total. The zero-order chi connectivity index (χ0) is 5.70. The fraction of sp³-hybridized carbons (Fsp3) is 0.500. The molecule has 42 valence electrons. The normalized spacial score (nSPS) is 12.1. The third-order valence-electron chi connectivity index (χ3n) is 0.428. The van der Waals surface area contributed by atoms with E-state index in [4.69, 9.17) is 16.7 Å². The van der Waals surface area contributed by atoms with Crippen molar-refractivity contribution in [1.29, 1.82) is 0 Å². The first kappa shape index (κ1) is 7.72. The van der Waals surface area contributed by atoms with Crippen LogP contribution in [0.4, 0.5) is 0 Å². The molecule has 0 fully saturated rings. The van der Waals surface area contributed by atoms with Gasteiger partial charge in [-0.1, -0.05) is 17.7 Å². The van der Waals surface area contributed by atoms with Gasteiger partial charge < -0.3 is 5.11 Å². The SMILES string of the molecule is OCC/C=C(/Cl)I. The summed E-state index contributed by atoms with van der Waals surface area (Å²) in [5, 5.41) is 8.21. The number of hydrogen-bond acceptors (Lipinski definition) is 1. The number of aliphatic hydroxyl groups is 1. The molecule has 0 bridgehead atoms. The molecule has 0 aliphatic carbocycles. The summed E-state index contributed by atoms with van der Waals surface area (Å²) < 4.78 is 0.714. The van der Waals surface area contributed by atoms with Crippen LogP contribution in [0.2, 0.25) is 0 Å². The fourth-order valence-electron chi connectivity index (χ4n) is 0.174. The van der Waals surface area contributed by atoms with E-state index in [1.54, 1.807) is 6.08 Å². The van der Waals surface area contributed by atoms with Gasteiger partial charge in [0.2, 0.25) is 0 Å². The Morgan fingerprint density at radius 2 is 2.43 bits per heavy atom. The van der Waals surface area contributed by atoms with Crippen molar-refractivity contribution < 1.29 is 5.11 Å². The Kier molecular flexibility index (Phi) is 5.37. The average Bonchev–Trinajstić information content (AvgIpc) is 1.61. The van der Waals surface area contributed by atoms with Crippen molar-refractivity contribution in [2.45, 2.75) is 6.42 Å². The van der Waals surface area contributed by atoms with Crippen LogP contribution < -0.4 is 0 Å². The van der Waals surface area contributed by atoms with Crippen molar-refractivity contribution in [3.8, 4) is 0 Å². The van der Waals surface area contributed by atoms with Crippen molar-refractivity contribution in [2.24, 2.45) is 0 Å². The molecule has 0 amide bonds. The lowest BCUT2D eigenvalue weighted by molar-refractivity contribution is 0.302. The van der Waals surface area contributed by atoms with Gasteiger partial charge in [0.25, 0.3) is 0 Å². The predicted octanol–water partition coefficient (Wildman–Crippen LogP) is 1.88. The minimum atomic E-state index is 0.180. The predicted molar refractivity (Wildman–Crippen MR) is 39.7 cm³/mol. The topological polar surface area (TPSA) is 20.2 Å². The largest absolute Gasteiger partial charge is 0.396 e. The van der Waals surface area contributed by atoms with E-state index in [0.717, 1.165) is 0 Å². The summed E-state index contributed by atoms with van der Waals surface area (Å²) in [5.74, 6) is 0. The van der Waals surface area contributed by atoms with E-state index < -0.39 is 0 Å². The van der Waals surface area contributed by atoms with Gasteiger partial charge in [0.1, 0.15) is 0 Å². The molecule has 0 aromatic rings. The fourth-order valence-corrected chi connectivity index (χ4v) is 0.594. The minimum Gasteiger partial charge on any atom is -0.396 e. The Bertz CT molecular complexity index is 68.1. The van der Waals surface area contributed by atoms with Crippen molar-refractivity contribution in [3.05, 3.63) is 9.12 Å². The zero-order valence-electron chi connectivity index (χ0n) is 3.69. The standard InChI is InChI=1S/C4H6ClIO/c5-4(6)2-1-3-7/h2,7H,1,3H2/b4-2-. The number of aliphatic hydroxyl groups excluding tert-OH is 1. The second-order valence-electron chi connectivity index (χ2n) is 1.01. The molecule has 0 aliphatic heterocycles. The second-order valence-corrected chi connectivity index (χ2v) is 3.21. The Morgan fingerprint density at radius 3 is 2.57 bits per heavy atom. The number of rotatable bonds is 2. The van der Waals surface area contributed by atoms with Gasteiger partial charge >= 0.3 is 0 Å². The van der Waals surface area contributed by atoms with Gasteiger partial charge in [-0.15, -0.1) is 0 Å². The Labute approximate surface area is 61.5 Å². The average molecular weight is 232 g/mol. The van der Waals surface area contributed by atoms with Crippen LogP contribution in [0.5, 0.6) is 0 Å². The molecule has 7 heavy (non-hydrogen) atoms. The molecule has 0 heterocycles.